The minimum Gasteiger partial charge on any atom is -0.398 e. The number of carbonyl (C=O) groups excluding carboxylic acids is 1. The quantitative estimate of drug-likeness (QED) is 0.508. The fourth-order valence-electron chi connectivity index (χ4n) is 2.95. The lowest BCUT2D eigenvalue weighted by Gasteiger charge is -2.26. The highest BCUT2D eigenvalue weighted by Gasteiger charge is 2.22. The van der Waals surface area contributed by atoms with E-state index in [1.165, 1.54) is 0 Å². The third-order valence-electron chi connectivity index (χ3n) is 4.70. The van der Waals surface area contributed by atoms with Gasteiger partial charge in [0.1, 0.15) is 5.70 Å². The Balaban J connectivity index is 1.95. The second kappa shape index (κ2) is 6.89. The van der Waals surface area contributed by atoms with Gasteiger partial charge in [0.25, 0.3) is 5.91 Å². The van der Waals surface area contributed by atoms with Crippen molar-refractivity contribution in [2.75, 3.05) is 5.73 Å². The van der Waals surface area contributed by atoms with Gasteiger partial charge in [0.05, 0.1) is 5.70 Å². The maximum atomic E-state index is 12.3. The molecule has 5 heteroatoms. The Morgan fingerprint density at radius 3 is 2.48 bits per heavy atom. The highest BCUT2D eigenvalue weighted by molar-refractivity contribution is 6.01. The summed E-state index contributed by atoms with van der Waals surface area (Å²) in [7, 11) is 0. The van der Waals surface area contributed by atoms with Crippen molar-refractivity contribution >= 4 is 17.3 Å². The van der Waals surface area contributed by atoms with E-state index < -0.39 is 0 Å². The van der Waals surface area contributed by atoms with Gasteiger partial charge >= 0.3 is 0 Å². The molecule has 0 bridgehead atoms. The zero-order chi connectivity index (χ0) is 18.0. The molecule has 0 aliphatic heterocycles. The van der Waals surface area contributed by atoms with Crippen molar-refractivity contribution in [1.29, 1.82) is 0 Å². The van der Waals surface area contributed by atoms with Crippen LogP contribution in [0, 0.1) is 6.92 Å². The number of nitrogens with two attached hydrogens (primary N) is 3. The largest absolute Gasteiger partial charge is 0.398 e. The summed E-state index contributed by atoms with van der Waals surface area (Å²) in [5.74, 6) is -0.331. The Bertz CT molecular complexity index is 837. The maximum Gasteiger partial charge on any atom is 0.269 e. The van der Waals surface area contributed by atoms with Gasteiger partial charge in [-0.05, 0) is 31.7 Å². The van der Waals surface area contributed by atoms with E-state index in [4.69, 9.17) is 17.2 Å². The average Bonchev–Trinajstić information content (AvgIpc) is 2.57. The van der Waals surface area contributed by atoms with E-state index in [1.807, 2.05) is 37.3 Å². The Morgan fingerprint density at radius 2 is 1.84 bits per heavy atom. The first-order valence-electron chi connectivity index (χ1n) is 8.49. The van der Waals surface area contributed by atoms with E-state index in [0.29, 0.717) is 11.3 Å². The summed E-state index contributed by atoms with van der Waals surface area (Å²) in [6.07, 6.45) is 3.11. The molecule has 0 aromatic heterocycles. The number of nitrogen functional groups attached to an aromatic ring is 1. The lowest BCUT2D eigenvalue weighted by Crippen LogP contribution is -2.42. The summed E-state index contributed by atoms with van der Waals surface area (Å²) in [5.41, 5.74) is 22.8. The van der Waals surface area contributed by atoms with Gasteiger partial charge in [0.15, 0.2) is 0 Å². The second-order valence-corrected chi connectivity index (χ2v) is 6.56. The summed E-state index contributed by atoms with van der Waals surface area (Å²) in [6, 6.07) is 13.9. The van der Waals surface area contributed by atoms with Gasteiger partial charge in [-0.2, -0.15) is 0 Å². The molecule has 0 radical (unpaired) electrons. The number of amides is 1. The molecule has 2 aromatic rings. The van der Waals surface area contributed by atoms with Crippen LogP contribution < -0.4 is 22.5 Å². The number of nitrogens with one attached hydrogen (secondary N) is 1. The summed E-state index contributed by atoms with van der Waals surface area (Å²) in [6.45, 7) is 2.03. The fourth-order valence-corrected chi connectivity index (χ4v) is 2.95. The van der Waals surface area contributed by atoms with Crippen LogP contribution in [0.15, 0.2) is 48.2 Å². The smallest absolute Gasteiger partial charge is 0.269 e. The number of aryl methyl sites for hydroxylation is 1. The van der Waals surface area contributed by atoms with Crippen LogP contribution in [0.5, 0.6) is 0 Å². The number of benzene rings is 2. The first-order chi connectivity index (χ1) is 12.0. The monoisotopic (exact) mass is 336 g/mol. The van der Waals surface area contributed by atoms with E-state index in [0.717, 1.165) is 36.0 Å². The van der Waals surface area contributed by atoms with Crippen LogP contribution in [0.2, 0.25) is 0 Å². The molecule has 1 amide bonds. The Hall–Kier alpha value is -2.95. The third-order valence-corrected chi connectivity index (χ3v) is 4.70. The highest BCUT2D eigenvalue weighted by Crippen LogP contribution is 2.31. The zero-order valence-corrected chi connectivity index (χ0v) is 14.4. The van der Waals surface area contributed by atoms with Gasteiger partial charge in [-0.25, -0.2) is 0 Å². The lowest BCUT2D eigenvalue weighted by molar-refractivity contribution is -0.118. The topological polar surface area (TPSA) is 107 Å². The standard InChI is InChI=1S/C20H24N4O/c1-12-5-2-6-13(11-12)15-9-4-10-16(17(15)21)18(22)19(23)20(25)24-14-7-3-8-14/h2,4-6,9-11,14H,3,7-8,21-23H2,1H3,(H,24,25)/b19-18+. The van der Waals surface area contributed by atoms with E-state index in [9.17, 15) is 4.79 Å². The van der Waals surface area contributed by atoms with Crippen LogP contribution in [0.25, 0.3) is 16.8 Å². The molecule has 25 heavy (non-hydrogen) atoms. The molecule has 0 saturated heterocycles. The normalized spacial score (nSPS) is 15.2. The van der Waals surface area contributed by atoms with Crippen molar-refractivity contribution in [3.05, 3.63) is 59.3 Å². The molecule has 1 saturated carbocycles. The van der Waals surface area contributed by atoms with E-state index in [-0.39, 0.29) is 23.3 Å². The molecule has 1 fully saturated rings. The highest BCUT2D eigenvalue weighted by atomic mass is 16.2. The van der Waals surface area contributed by atoms with Crippen molar-refractivity contribution in [2.45, 2.75) is 32.2 Å². The number of para-hydroxylation sites is 1. The molecule has 1 aliphatic carbocycles. The molecule has 0 heterocycles. The number of carbonyl (C=O) groups is 1. The fraction of sp³-hybridized carbons (Fsp3) is 0.250. The Kier molecular flexibility index (Phi) is 4.65. The van der Waals surface area contributed by atoms with Crippen molar-refractivity contribution < 1.29 is 4.79 Å². The second-order valence-electron chi connectivity index (χ2n) is 6.56. The molecule has 5 nitrogen and oxygen atoms in total. The summed E-state index contributed by atoms with van der Waals surface area (Å²) in [4.78, 5) is 12.3. The predicted molar refractivity (Wildman–Crippen MR) is 102 cm³/mol. The van der Waals surface area contributed by atoms with Crippen LogP contribution in [0.1, 0.15) is 30.4 Å². The third kappa shape index (κ3) is 3.45. The first kappa shape index (κ1) is 16.9. The minimum absolute atomic E-state index is 0.0139. The first-order valence-corrected chi connectivity index (χ1v) is 8.49. The van der Waals surface area contributed by atoms with Gasteiger partial charge in [-0.1, -0.05) is 48.0 Å². The molecular formula is C20H24N4O. The molecule has 1 aliphatic rings. The van der Waals surface area contributed by atoms with Gasteiger partial charge in [0, 0.05) is 22.9 Å². The molecule has 7 N–H and O–H groups in total. The molecule has 2 aromatic carbocycles. The summed E-state index contributed by atoms with van der Waals surface area (Å²) in [5, 5.41) is 2.90. The van der Waals surface area contributed by atoms with Gasteiger partial charge in [-0.3, -0.25) is 4.79 Å². The number of anilines is 1. The molecule has 0 atom stereocenters. The molecular weight excluding hydrogens is 312 g/mol. The Labute approximate surface area is 147 Å². The Morgan fingerprint density at radius 1 is 1.12 bits per heavy atom. The van der Waals surface area contributed by atoms with Crippen LogP contribution >= 0.6 is 0 Å². The zero-order valence-electron chi connectivity index (χ0n) is 14.4. The van der Waals surface area contributed by atoms with Crippen molar-refractivity contribution in [3.63, 3.8) is 0 Å². The van der Waals surface area contributed by atoms with E-state index in [2.05, 4.69) is 11.4 Å². The van der Waals surface area contributed by atoms with Gasteiger partial charge < -0.3 is 22.5 Å². The van der Waals surface area contributed by atoms with Gasteiger partial charge in [-0.15, -0.1) is 0 Å². The van der Waals surface area contributed by atoms with Crippen LogP contribution in [-0.2, 0) is 4.79 Å². The molecule has 3 rings (SSSR count). The van der Waals surface area contributed by atoms with Crippen LogP contribution in [-0.4, -0.2) is 11.9 Å². The van der Waals surface area contributed by atoms with Crippen molar-refractivity contribution in [3.8, 4) is 11.1 Å². The molecule has 130 valence electrons. The van der Waals surface area contributed by atoms with E-state index >= 15 is 0 Å². The maximum absolute atomic E-state index is 12.3. The minimum atomic E-state index is -0.331. The molecule has 0 spiro atoms. The van der Waals surface area contributed by atoms with E-state index in [1.54, 1.807) is 6.07 Å². The number of rotatable bonds is 4. The molecule has 0 unspecified atom stereocenters. The summed E-state index contributed by atoms with van der Waals surface area (Å²) >= 11 is 0. The lowest BCUT2D eigenvalue weighted by atomic mass is 9.93. The van der Waals surface area contributed by atoms with Crippen molar-refractivity contribution in [2.24, 2.45) is 11.5 Å². The van der Waals surface area contributed by atoms with Crippen molar-refractivity contribution in [1.82, 2.24) is 5.32 Å². The van der Waals surface area contributed by atoms with Crippen LogP contribution in [0.3, 0.4) is 0 Å². The van der Waals surface area contributed by atoms with Gasteiger partial charge in [0.2, 0.25) is 0 Å². The summed E-state index contributed by atoms with van der Waals surface area (Å²) < 4.78 is 0. The predicted octanol–water partition coefficient (Wildman–Crippen LogP) is 2.50. The average molecular weight is 336 g/mol. The number of hydrogen-bond acceptors (Lipinski definition) is 4. The number of hydrogen-bond donors (Lipinski definition) is 4. The van der Waals surface area contributed by atoms with Crippen LogP contribution in [0.4, 0.5) is 5.69 Å². The SMILES string of the molecule is Cc1cccc(-c2cccc(/C(N)=C(\N)C(=O)NC3CCC3)c2N)c1.